The molecule has 0 unspecified atom stereocenters. The summed E-state index contributed by atoms with van der Waals surface area (Å²) in [5.74, 6) is 0.879. The third-order valence-electron chi connectivity index (χ3n) is 5.56. The van der Waals surface area contributed by atoms with Gasteiger partial charge in [-0.25, -0.2) is 14.8 Å². The third kappa shape index (κ3) is 5.30. The van der Waals surface area contributed by atoms with Crippen molar-refractivity contribution in [2.45, 2.75) is 26.4 Å². The second-order valence-electron chi connectivity index (χ2n) is 9.44. The Morgan fingerprint density at radius 1 is 1.06 bits per heavy atom. The molecule has 0 aliphatic carbocycles. The topological polar surface area (TPSA) is 61.8 Å². The van der Waals surface area contributed by atoms with Crippen LogP contribution in [0.5, 0.6) is 0 Å². The molecular weight excluding hydrogens is 438 g/mol. The first-order valence-corrected chi connectivity index (χ1v) is 11.5. The number of carbonyl (C=O) groups excluding carboxylic acids is 1. The van der Waals surface area contributed by atoms with Crippen LogP contribution in [0.1, 0.15) is 20.8 Å². The van der Waals surface area contributed by atoms with E-state index in [1.807, 2.05) is 82.4 Å². The van der Waals surface area contributed by atoms with Crippen molar-refractivity contribution in [3.05, 3.63) is 47.6 Å². The Morgan fingerprint density at radius 2 is 1.79 bits per heavy atom. The molecule has 174 valence electrons. The van der Waals surface area contributed by atoms with Gasteiger partial charge in [-0.1, -0.05) is 11.6 Å². The summed E-state index contributed by atoms with van der Waals surface area (Å²) < 4.78 is 5.48. The number of benzene rings is 1. The van der Waals surface area contributed by atoms with E-state index in [1.165, 1.54) is 0 Å². The molecule has 3 heterocycles. The lowest BCUT2D eigenvalue weighted by Crippen LogP contribution is -2.50. The van der Waals surface area contributed by atoms with Crippen molar-refractivity contribution < 1.29 is 9.53 Å². The Labute approximate surface area is 199 Å². The predicted octanol–water partition coefficient (Wildman–Crippen LogP) is 5.07. The van der Waals surface area contributed by atoms with E-state index in [1.54, 1.807) is 4.90 Å². The predicted molar refractivity (Wildman–Crippen MR) is 134 cm³/mol. The van der Waals surface area contributed by atoms with Crippen molar-refractivity contribution in [1.82, 2.24) is 14.9 Å². The number of fused-ring (bicyclic) bond motifs is 1. The van der Waals surface area contributed by atoms with E-state index < -0.39 is 5.60 Å². The van der Waals surface area contributed by atoms with E-state index >= 15 is 0 Å². The minimum absolute atomic E-state index is 0.262. The molecule has 1 amide bonds. The molecule has 0 radical (unpaired) electrons. The second-order valence-corrected chi connectivity index (χ2v) is 9.85. The SMILES string of the molecule is CN(C)c1ccc2c(Cl)cc(-c3ccc(N4CCN(C(=O)OC(C)(C)C)CC4)nc3)nc2c1. The number of pyridine rings is 2. The van der Waals surface area contributed by atoms with Gasteiger partial charge in [0.1, 0.15) is 11.4 Å². The molecule has 1 aliphatic heterocycles. The van der Waals surface area contributed by atoms with E-state index in [4.69, 9.17) is 21.3 Å². The van der Waals surface area contributed by atoms with E-state index in [9.17, 15) is 4.79 Å². The number of ether oxygens (including phenoxy) is 1. The maximum atomic E-state index is 12.3. The van der Waals surface area contributed by atoms with Crippen LogP contribution in [0.4, 0.5) is 16.3 Å². The van der Waals surface area contributed by atoms with Crippen LogP contribution in [0.15, 0.2) is 42.6 Å². The number of hydrogen-bond donors (Lipinski definition) is 0. The van der Waals surface area contributed by atoms with Crippen LogP contribution in [0, 0.1) is 0 Å². The Morgan fingerprint density at radius 3 is 2.39 bits per heavy atom. The Bertz CT molecular complexity index is 1150. The molecule has 8 heteroatoms. The zero-order valence-electron chi connectivity index (χ0n) is 19.8. The maximum Gasteiger partial charge on any atom is 0.410 e. The number of aromatic nitrogens is 2. The lowest BCUT2D eigenvalue weighted by atomic mass is 10.1. The molecule has 1 saturated heterocycles. The number of amides is 1. The monoisotopic (exact) mass is 467 g/mol. The molecule has 0 atom stereocenters. The molecule has 4 rings (SSSR count). The average Bonchev–Trinajstić information content (AvgIpc) is 2.77. The highest BCUT2D eigenvalue weighted by Crippen LogP contribution is 2.30. The summed E-state index contributed by atoms with van der Waals surface area (Å²) in [6, 6.07) is 12.0. The zero-order chi connectivity index (χ0) is 23.8. The standard InChI is InChI=1S/C25H30ClN5O2/c1-25(2,3)33-24(32)31-12-10-30(11-13-31)23-9-6-17(16-27-23)21-15-20(26)19-8-7-18(29(4)5)14-22(19)28-21/h6-9,14-16H,10-13H2,1-5H3. The number of hydrogen-bond acceptors (Lipinski definition) is 6. The van der Waals surface area contributed by atoms with Gasteiger partial charge in [-0.15, -0.1) is 0 Å². The molecule has 3 aromatic rings. The molecular formula is C25H30ClN5O2. The van der Waals surface area contributed by atoms with Gasteiger partial charge in [-0.05, 0) is 57.2 Å². The summed E-state index contributed by atoms with van der Waals surface area (Å²) in [6.07, 6.45) is 1.57. The van der Waals surface area contributed by atoms with Crippen molar-refractivity contribution in [3.8, 4) is 11.3 Å². The number of carbonyl (C=O) groups is 1. The molecule has 0 spiro atoms. The van der Waals surface area contributed by atoms with Crippen molar-refractivity contribution >= 4 is 40.1 Å². The highest BCUT2D eigenvalue weighted by atomic mass is 35.5. The normalized spacial score (nSPS) is 14.5. The van der Waals surface area contributed by atoms with Gasteiger partial charge in [-0.2, -0.15) is 0 Å². The Kier molecular flexibility index (Phi) is 6.34. The number of piperazine rings is 1. The second kappa shape index (κ2) is 9.06. The molecule has 33 heavy (non-hydrogen) atoms. The van der Waals surface area contributed by atoms with Gasteiger partial charge in [0.2, 0.25) is 0 Å². The van der Waals surface area contributed by atoms with Crippen LogP contribution in [0.3, 0.4) is 0 Å². The number of anilines is 2. The van der Waals surface area contributed by atoms with Gasteiger partial charge in [0.25, 0.3) is 0 Å². The van der Waals surface area contributed by atoms with Gasteiger partial charge >= 0.3 is 6.09 Å². The van der Waals surface area contributed by atoms with E-state index in [0.29, 0.717) is 31.2 Å². The molecule has 0 saturated carbocycles. The number of rotatable bonds is 3. The highest BCUT2D eigenvalue weighted by molar-refractivity contribution is 6.35. The summed E-state index contributed by atoms with van der Waals surface area (Å²) in [7, 11) is 4.01. The van der Waals surface area contributed by atoms with Crippen LogP contribution < -0.4 is 9.80 Å². The van der Waals surface area contributed by atoms with Crippen LogP contribution >= 0.6 is 11.6 Å². The average molecular weight is 468 g/mol. The van der Waals surface area contributed by atoms with Crippen molar-refractivity contribution in [2.75, 3.05) is 50.1 Å². The summed E-state index contributed by atoms with van der Waals surface area (Å²) >= 11 is 6.55. The van der Waals surface area contributed by atoms with Crippen LogP contribution in [0.25, 0.3) is 22.2 Å². The van der Waals surface area contributed by atoms with Gasteiger partial charge in [0, 0.05) is 63.1 Å². The smallest absolute Gasteiger partial charge is 0.410 e. The zero-order valence-corrected chi connectivity index (χ0v) is 20.6. The maximum absolute atomic E-state index is 12.3. The minimum atomic E-state index is -0.487. The molecule has 1 aromatic carbocycles. The molecule has 1 aliphatic rings. The molecule has 7 nitrogen and oxygen atoms in total. The van der Waals surface area contributed by atoms with Gasteiger partial charge in [-0.3, -0.25) is 0 Å². The molecule has 0 N–H and O–H groups in total. The summed E-state index contributed by atoms with van der Waals surface area (Å²) in [5, 5.41) is 1.60. The van der Waals surface area contributed by atoms with Crippen LogP contribution in [-0.2, 0) is 4.74 Å². The van der Waals surface area contributed by atoms with E-state index in [2.05, 4.69) is 9.88 Å². The molecule has 1 fully saturated rings. The summed E-state index contributed by atoms with van der Waals surface area (Å²) in [6.45, 7) is 8.27. The van der Waals surface area contributed by atoms with Crippen LogP contribution in [-0.4, -0.2) is 66.8 Å². The summed E-state index contributed by atoms with van der Waals surface area (Å²) in [4.78, 5) is 27.7. The fraction of sp³-hybridized carbons (Fsp3) is 0.400. The fourth-order valence-corrected chi connectivity index (χ4v) is 4.03. The highest BCUT2D eigenvalue weighted by Gasteiger charge is 2.26. The largest absolute Gasteiger partial charge is 0.444 e. The lowest BCUT2D eigenvalue weighted by molar-refractivity contribution is 0.0240. The lowest BCUT2D eigenvalue weighted by Gasteiger charge is -2.36. The first-order valence-electron chi connectivity index (χ1n) is 11.1. The number of nitrogens with zero attached hydrogens (tertiary/aromatic N) is 5. The van der Waals surface area contributed by atoms with Crippen molar-refractivity contribution in [1.29, 1.82) is 0 Å². The van der Waals surface area contributed by atoms with Gasteiger partial charge < -0.3 is 19.4 Å². The first kappa shape index (κ1) is 23.1. The molecule has 0 bridgehead atoms. The van der Waals surface area contributed by atoms with E-state index in [0.717, 1.165) is 33.7 Å². The van der Waals surface area contributed by atoms with Crippen LogP contribution in [0.2, 0.25) is 5.02 Å². The van der Waals surface area contributed by atoms with Gasteiger partial charge in [0.15, 0.2) is 0 Å². The van der Waals surface area contributed by atoms with E-state index in [-0.39, 0.29) is 6.09 Å². The quantitative estimate of drug-likeness (QED) is 0.535. The summed E-state index contributed by atoms with van der Waals surface area (Å²) in [5.41, 5.74) is 3.13. The third-order valence-corrected chi connectivity index (χ3v) is 5.87. The fourth-order valence-electron chi connectivity index (χ4n) is 3.77. The van der Waals surface area contributed by atoms with Gasteiger partial charge in [0.05, 0.1) is 16.2 Å². The molecule has 2 aromatic heterocycles. The Balaban J connectivity index is 1.48. The minimum Gasteiger partial charge on any atom is -0.444 e. The Hall–Kier alpha value is -3.06. The number of halogens is 1. The van der Waals surface area contributed by atoms with Crippen molar-refractivity contribution in [2.24, 2.45) is 0 Å². The first-order chi connectivity index (χ1) is 15.6. The van der Waals surface area contributed by atoms with Crippen molar-refractivity contribution in [3.63, 3.8) is 0 Å².